The third kappa shape index (κ3) is 2.59. The molecule has 0 aromatic heterocycles. The third-order valence-electron chi connectivity index (χ3n) is 4.26. The van der Waals surface area contributed by atoms with Crippen molar-refractivity contribution in [2.75, 3.05) is 10.2 Å². The summed E-state index contributed by atoms with van der Waals surface area (Å²) in [6, 6.07) is 19.8. The molecule has 1 aliphatic heterocycles. The summed E-state index contributed by atoms with van der Waals surface area (Å²) in [6.45, 7) is 0. The van der Waals surface area contributed by atoms with Crippen LogP contribution in [0, 0.1) is 5.82 Å². The Labute approximate surface area is 144 Å². The summed E-state index contributed by atoms with van der Waals surface area (Å²) < 4.78 is 13.3. The molecule has 4 rings (SSSR count). The van der Waals surface area contributed by atoms with Gasteiger partial charge in [-0.05, 0) is 42.5 Å². The maximum atomic E-state index is 13.3. The average molecular weight is 334 g/mol. The van der Waals surface area contributed by atoms with Crippen molar-refractivity contribution >= 4 is 17.3 Å². The van der Waals surface area contributed by atoms with E-state index in [1.54, 1.807) is 48.5 Å². The van der Waals surface area contributed by atoms with Crippen LogP contribution in [0.2, 0.25) is 0 Å². The van der Waals surface area contributed by atoms with Crippen molar-refractivity contribution in [3.05, 3.63) is 89.7 Å². The van der Waals surface area contributed by atoms with Crippen LogP contribution in [0.15, 0.2) is 72.8 Å². The van der Waals surface area contributed by atoms with Crippen LogP contribution in [0.4, 0.5) is 15.8 Å². The molecule has 0 fully saturated rings. The van der Waals surface area contributed by atoms with E-state index in [1.165, 1.54) is 17.0 Å². The van der Waals surface area contributed by atoms with Gasteiger partial charge in [-0.25, -0.2) is 4.39 Å². The number of carbonyl (C=O) groups is 1. The highest BCUT2D eigenvalue weighted by atomic mass is 19.1. The molecule has 0 saturated heterocycles. The highest BCUT2D eigenvalue weighted by Crippen LogP contribution is 2.39. The van der Waals surface area contributed by atoms with E-state index in [0.717, 1.165) is 0 Å². The Kier molecular flexibility index (Phi) is 3.61. The van der Waals surface area contributed by atoms with Gasteiger partial charge < -0.3 is 10.4 Å². The Morgan fingerprint density at radius 2 is 1.60 bits per heavy atom. The molecule has 0 saturated carbocycles. The maximum Gasteiger partial charge on any atom is 0.262 e. The van der Waals surface area contributed by atoms with Crippen molar-refractivity contribution in [2.45, 2.75) is 6.17 Å². The van der Waals surface area contributed by atoms with Gasteiger partial charge in [0.25, 0.3) is 5.91 Å². The number of amides is 1. The minimum absolute atomic E-state index is 0.0827. The van der Waals surface area contributed by atoms with Crippen molar-refractivity contribution in [3.8, 4) is 5.75 Å². The summed E-state index contributed by atoms with van der Waals surface area (Å²) in [5, 5.41) is 13.6. The van der Waals surface area contributed by atoms with Gasteiger partial charge in [0.2, 0.25) is 0 Å². The fraction of sp³-hybridized carbons (Fsp3) is 0.0500. The van der Waals surface area contributed by atoms with Crippen LogP contribution < -0.4 is 10.2 Å². The summed E-state index contributed by atoms with van der Waals surface area (Å²) in [7, 11) is 0. The number of phenolic OH excluding ortho intramolecular Hbond substituents is 1. The fourth-order valence-corrected chi connectivity index (χ4v) is 3.06. The molecule has 4 nitrogen and oxygen atoms in total. The largest absolute Gasteiger partial charge is 0.508 e. The van der Waals surface area contributed by atoms with Crippen molar-refractivity contribution < 1.29 is 14.3 Å². The number of carbonyl (C=O) groups excluding carboxylic acids is 1. The van der Waals surface area contributed by atoms with Crippen LogP contribution in [0.3, 0.4) is 0 Å². The second-order valence-electron chi connectivity index (χ2n) is 5.80. The first-order chi connectivity index (χ1) is 12.1. The summed E-state index contributed by atoms with van der Waals surface area (Å²) in [5.41, 5.74) is 2.33. The lowest BCUT2D eigenvalue weighted by Crippen LogP contribution is -2.43. The molecule has 1 amide bonds. The summed E-state index contributed by atoms with van der Waals surface area (Å²) >= 11 is 0. The SMILES string of the molecule is O=C1c2ccccc2N[C@H](c2ccccc2O)N1c1ccc(F)cc1. The number of halogens is 1. The number of fused-ring (bicyclic) bond motifs is 1. The van der Waals surface area contributed by atoms with Crippen LogP contribution in [0.5, 0.6) is 5.75 Å². The van der Waals surface area contributed by atoms with E-state index in [4.69, 9.17) is 0 Å². The van der Waals surface area contributed by atoms with Crippen LogP contribution in [0.1, 0.15) is 22.1 Å². The highest BCUT2D eigenvalue weighted by molar-refractivity contribution is 6.12. The Balaban J connectivity index is 1.89. The topological polar surface area (TPSA) is 52.6 Å². The normalized spacial score (nSPS) is 16.3. The molecule has 0 radical (unpaired) electrons. The smallest absolute Gasteiger partial charge is 0.262 e. The molecule has 1 atom stereocenters. The van der Waals surface area contributed by atoms with Crippen molar-refractivity contribution in [3.63, 3.8) is 0 Å². The summed E-state index contributed by atoms with van der Waals surface area (Å²) in [5.74, 6) is -0.505. The Morgan fingerprint density at radius 1 is 0.920 bits per heavy atom. The van der Waals surface area contributed by atoms with Crippen LogP contribution in [-0.2, 0) is 0 Å². The molecule has 0 spiro atoms. The molecule has 25 heavy (non-hydrogen) atoms. The first-order valence-electron chi connectivity index (χ1n) is 7.88. The van der Waals surface area contributed by atoms with Gasteiger partial charge >= 0.3 is 0 Å². The molecule has 1 heterocycles. The number of benzene rings is 3. The van der Waals surface area contributed by atoms with Crippen molar-refractivity contribution in [1.29, 1.82) is 0 Å². The molecule has 1 aliphatic rings. The van der Waals surface area contributed by atoms with E-state index in [1.807, 2.05) is 12.1 Å². The predicted octanol–water partition coefficient (Wildman–Crippen LogP) is 4.30. The van der Waals surface area contributed by atoms with Gasteiger partial charge in [-0.3, -0.25) is 9.69 Å². The summed E-state index contributed by atoms with van der Waals surface area (Å²) in [4.78, 5) is 14.6. The lowest BCUT2D eigenvalue weighted by Gasteiger charge is -2.38. The number of para-hydroxylation sites is 2. The zero-order chi connectivity index (χ0) is 17.4. The molecule has 3 aromatic carbocycles. The maximum absolute atomic E-state index is 13.3. The van der Waals surface area contributed by atoms with E-state index in [2.05, 4.69) is 5.32 Å². The van der Waals surface area contributed by atoms with E-state index in [-0.39, 0.29) is 17.5 Å². The van der Waals surface area contributed by atoms with E-state index in [0.29, 0.717) is 22.5 Å². The van der Waals surface area contributed by atoms with Gasteiger partial charge in [-0.2, -0.15) is 0 Å². The molecular formula is C20H15FN2O2. The number of nitrogens with zero attached hydrogens (tertiary/aromatic N) is 1. The second kappa shape index (κ2) is 5.94. The third-order valence-corrected chi connectivity index (χ3v) is 4.26. The number of anilines is 2. The quantitative estimate of drug-likeness (QED) is 0.734. The number of hydrogen-bond acceptors (Lipinski definition) is 3. The Bertz CT molecular complexity index is 940. The minimum Gasteiger partial charge on any atom is -0.508 e. The monoisotopic (exact) mass is 334 g/mol. The van der Waals surface area contributed by atoms with Gasteiger partial charge in [-0.1, -0.05) is 30.3 Å². The van der Waals surface area contributed by atoms with Crippen molar-refractivity contribution in [2.24, 2.45) is 0 Å². The molecule has 0 unspecified atom stereocenters. The molecule has 3 aromatic rings. The van der Waals surface area contributed by atoms with Gasteiger partial charge in [0.1, 0.15) is 17.7 Å². The van der Waals surface area contributed by atoms with Gasteiger partial charge in [0, 0.05) is 16.9 Å². The standard InChI is InChI=1S/C20H15FN2O2/c21-13-9-11-14(12-10-13)23-19(16-6-2-4-8-18(16)24)22-17-7-3-1-5-15(17)20(23)25/h1-12,19,22,24H/t19-/m0/s1. The predicted molar refractivity (Wildman–Crippen MR) is 94.1 cm³/mol. The Morgan fingerprint density at radius 3 is 2.36 bits per heavy atom. The van der Waals surface area contributed by atoms with Crippen LogP contribution in [0.25, 0.3) is 0 Å². The second-order valence-corrected chi connectivity index (χ2v) is 5.80. The molecule has 0 aliphatic carbocycles. The van der Waals surface area contributed by atoms with Crippen LogP contribution >= 0.6 is 0 Å². The highest BCUT2D eigenvalue weighted by Gasteiger charge is 2.35. The number of hydrogen-bond donors (Lipinski definition) is 2. The van der Waals surface area contributed by atoms with E-state index in [9.17, 15) is 14.3 Å². The average Bonchev–Trinajstić information content (AvgIpc) is 2.63. The van der Waals surface area contributed by atoms with E-state index >= 15 is 0 Å². The van der Waals surface area contributed by atoms with Gasteiger partial charge in [0.05, 0.1) is 5.56 Å². The molecule has 124 valence electrons. The first kappa shape index (κ1) is 15.2. The van der Waals surface area contributed by atoms with Gasteiger partial charge in [-0.15, -0.1) is 0 Å². The van der Waals surface area contributed by atoms with Gasteiger partial charge in [0.15, 0.2) is 0 Å². The Hall–Kier alpha value is -3.34. The lowest BCUT2D eigenvalue weighted by atomic mass is 10.0. The zero-order valence-corrected chi connectivity index (χ0v) is 13.2. The molecule has 2 N–H and O–H groups in total. The van der Waals surface area contributed by atoms with E-state index < -0.39 is 6.17 Å². The molecule has 5 heteroatoms. The minimum atomic E-state index is -0.603. The first-order valence-corrected chi connectivity index (χ1v) is 7.88. The molecular weight excluding hydrogens is 319 g/mol. The number of phenols is 1. The fourth-order valence-electron chi connectivity index (χ4n) is 3.06. The van der Waals surface area contributed by atoms with Crippen molar-refractivity contribution in [1.82, 2.24) is 0 Å². The summed E-state index contributed by atoms with van der Waals surface area (Å²) in [6.07, 6.45) is -0.603. The molecule has 0 bridgehead atoms. The zero-order valence-electron chi connectivity index (χ0n) is 13.2. The van der Waals surface area contributed by atoms with Crippen LogP contribution in [-0.4, -0.2) is 11.0 Å². The number of nitrogens with one attached hydrogen (secondary N) is 1. The lowest BCUT2D eigenvalue weighted by molar-refractivity contribution is 0.0974. The number of aromatic hydroxyl groups is 1. The number of rotatable bonds is 2.